The Morgan fingerprint density at radius 3 is 2.03 bits per heavy atom. The van der Waals surface area contributed by atoms with Crippen LogP contribution in [-0.2, 0) is 14.3 Å². The van der Waals surface area contributed by atoms with Crippen molar-refractivity contribution < 1.29 is 19.1 Å². The fourth-order valence-electron chi connectivity index (χ4n) is 2.98. The number of nitrogens with one attached hydrogen (secondary N) is 2. The molecule has 2 N–H and O–H groups in total. The van der Waals surface area contributed by atoms with Gasteiger partial charge < -0.3 is 15.4 Å². The van der Waals surface area contributed by atoms with Gasteiger partial charge in [-0.2, -0.15) is 0 Å². The molecule has 160 valence electrons. The molecular weight excluding hydrogens is 380 g/mol. The van der Waals surface area contributed by atoms with Crippen molar-refractivity contribution in [3.63, 3.8) is 0 Å². The minimum Gasteiger partial charge on any atom is -0.454 e. The minimum absolute atomic E-state index is 0.166. The third kappa shape index (κ3) is 7.03. The maximum absolute atomic E-state index is 12.3. The summed E-state index contributed by atoms with van der Waals surface area (Å²) in [6.45, 7) is 7.61. The number of esters is 1. The lowest BCUT2D eigenvalue weighted by molar-refractivity contribution is -0.147. The molecule has 2 aromatic carbocycles. The van der Waals surface area contributed by atoms with Gasteiger partial charge in [-0.15, -0.1) is 0 Å². The predicted octanol–water partition coefficient (Wildman–Crippen LogP) is 3.60. The van der Waals surface area contributed by atoms with Crippen LogP contribution in [0.5, 0.6) is 0 Å². The molecule has 2 rings (SSSR count). The summed E-state index contributed by atoms with van der Waals surface area (Å²) in [6.07, 6.45) is 0. The molecule has 6 nitrogen and oxygen atoms in total. The third-order valence-corrected chi connectivity index (χ3v) is 4.74. The van der Waals surface area contributed by atoms with E-state index in [-0.39, 0.29) is 30.3 Å². The van der Waals surface area contributed by atoms with Crippen molar-refractivity contribution in [3.05, 3.63) is 71.3 Å². The number of carbonyl (C=O) groups is 3. The summed E-state index contributed by atoms with van der Waals surface area (Å²) in [6, 6.07) is 16.5. The maximum Gasteiger partial charge on any atom is 0.325 e. The normalized spacial score (nSPS) is 11.8. The van der Waals surface area contributed by atoms with E-state index in [1.165, 1.54) is 5.56 Å². The lowest BCUT2D eigenvalue weighted by Crippen LogP contribution is -2.36. The average molecular weight is 411 g/mol. The Bertz CT molecular complexity index is 845. The lowest BCUT2D eigenvalue weighted by atomic mass is 9.93. The molecule has 2 amide bonds. The van der Waals surface area contributed by atoms with Gasteiger partial charge in [0.05, 0.1) is 6.04 Å². The van der Waals surface area contributed by atoms with Crippen LogP contribution in [0.15, 0.2) is 54.6 Å². The number of ether oxygens (including phenoxy) is 1. The molecule has 0 aliphatic heterocycles. The highest BCUT2D eigenvalue weighted by Crippen LogP contribution is 2.24. The highest BCUT2D eigenvalue weighted by Gasteiger charge is 2.19. The molecule has 0 radical (unpaired) electrons. The fourth-order valence-corrected chi connectivity index (χ4v) is 2.98. The van der Waals surface area contributed by atoms with Crippen LogP contribution >= 0.6 is 0 Å². The third-order valence-electron chi connectivity index (χ3n) is 4.74. The van der Waals surface area contributed by atoms with E-state index in [1.807, 2.05) is 26.0 Å². The monoisotopic (exact) mass is 410 g/mol. The Labute approximate surface area is 178 Å². The molecule has 30 heavy (non-hydrogen) atoms. The molecule has 0 heterocycles. The predicted molar refractivity (Wildman–Crippen MR) is 116 cm³/mol. The van der Waals surface area contributed by atoms with Gasteiger partial charge in [-0.1, -0.05) is 70.2 Å². The lowest BCUT2D eigenvalue weighted by Gasteiger charge is -2.23. The molecule has 0 aliphatic rings. The number of carbonyl (C=O) groups excluding carboxylic acids is 3. The van der Waals surface area contributed by atoms with Crippen LogP contribution in [0.2, 0.25) is 0 Å². The molecule has 0 bridgehead atoms. The zero-order valence-electron chi connectivity index (χ0n) is 18.0. The van der Waals surface area contributed by atoms with Gasteiger partial charge in [0.25, 0.3) is 11.8 Å². The van der Waals surface area contributed by atoms with Gasteiger partial charge in [0.1, 0.15) is 6.54 Å². The number of benzene rings is 2. The van der Waals surface area contributed by atoms with Crippen LogP contribution < -0.4 is 10.6 Å². The van der Waals surface area contributed by atoms with Crippen molar-refractivity contribution >= 4 is 17.8 Å². The van der Waals surface area contributed by atoms with E-state index in [2.05, 4.69) is 36.6 Å². The SMILES string of the molecule is CC(C)c1ccc([C@H](NC(=O)COC(=O)CNC(=O)c2ccccc2)C(C)C)cc1. The largest absolute Gasteiger partial charge is 0.454 e. The first-order valence-corrected chi connectivity index (χ1v) is 10.2. The van der Waals surface area contributed by atoms with Gasteiger partial charge in [0.15, 0.2) is 6.61 Å². The van der Waals surface area contributed by atoms with E-state index in [0.29, 0.717) is 11.5 Å². The summed E-state index contributed by atoms with van der Waals surface area (Å²) in [5.41, 5.74) is 2.69. The highest BCUT2D eigenvalue weighted by atomic mass is 16.5. The van der Waals surface area contributed by atoms with Crippen molar-refractivity contribution in [2.75, 3.05) is 13.2 Å². The molecule has 6 heteroatoms. The van der Waals surface area contributed by atoms with E-state index in [1.54, 1.807) is 30.3 Å². The molecule has 0 spiro atoms. The summed E-state index contributed by atoms with van der Waals surface area (Å²) >= 11 is 0. The van der Waals surface area contributed by atoms with Crippen LogP contribution in [0.25, 0.3) is 0 Å². The van der Waals surface area contributed by atoms with Gasteiger partial charge >= 0.3 is 5.97 Å². The second-order valence-electron chi connectivity index (χ2n) is 7.82. The molecular formula is C24H30N2O4. The van der Waals surface area contributed by atoms with E-state index in [0.717, 1.165) is 5.56 Å². The Morgan fingerprint density at radius 1 is 0.867 bits per heavy atom. The first kappa shape index (κ1) is 23.1. The minimum atomic E-state index is -0.670. The second kappa shape index (κ2) is 11.1. The van der Waals surface area contributed by atoms with Gasteiger partial charge in [-0.25, -0.2) is 0 Å². The first-order chi connectivity index (χ1) is 14.3. The van der Waals surface area contributed by atoms with Crippen molar-refractivity contribution in [3.8, 4) is 0 Å². The Kier molecular flexibility index (Phi) is 8.59. The van der Waals surface area contributed by atoms with Crippen LogP contribution in [-0.4, -0.2) is 30.9 Å². The van der Waals surface area contributed by atoms with Gasteiger partial charge in [0.2, 0.25) is 0 Å². The zero-order valence-corrected chi connectivity index (χ0v) is 18.0. The van der Waals surface area contributed by atoms with Crippen molar-refractivity contribution in [1.82, 2.24) is 10.6 Å². The Balaban J connectivity index is 1.82. The highest BCUT2D eigenvalue weighted by molar-refractivity contribution is 5.96. The summed E-state index contributed by atoms with van der Waals surface area (Å²) in [4.78, 5) is 36.1. The fraction of sp³-hybridized carbons (Fsp3) is 0.375. The van der Waals surface area contributed by atoms with Crippen LogP contribution in [0.1, 0.15) is 61.1 Å². The summed E-state index contributed by atoms with van der Waals surface area (Å²) in [7, 11) is 0. The number of hydrogen-bond donors (Lipinski definition) is 2. The number of amides is 2. The van der Waals surface area contributed by atoms with Crippen molar-refractivity contribution in [2.24, 2.45) is 5.92 Å². The van der Waals surface area contributed by atoms with E-state index in [4.69, 9.17) is 4.74 Å². The van der Waals surface area contributed by atoms with Crippen molar-refractivity contribution in [1.29, 1.82) is 0 Å². The van der Waals surface area contributed by atoms with Gasteiger partial charge in [0, 0.05) is 5.56 Å². The average Bonchev–Trinajstić information content (AvgIpc) is 2.74. The van der Waals surface area contributed by atoms with Crippen LogP contribution in [0, 0.1) is 5.92 Å². The molecule has 0 aliphatic carbocycles. The van der Waals surface area contributed by atoms with Gasteiger partial charge in [-0.05, 0) is 35.1 Å². The number of hydrogen-bond acceptors (Lipinski definition) is 4. The molecule has 1 atom stereocenters. The molecule has 0 unspecified atom stereocenters. The maximum atomic E-state index is 12.3. The zero-order chi connectivity index (χ0) is 22.1. The van der Waals surface area contributed by atoms with E-state index >= 15 is 0 Å². The molecule has 0 fully saturated rings. The molecule has 0 saturated heterocycles. The second-order valence-corrected chi connectivity index (χ2v) is 7.82. The number of rotatable bonds is 9. The van der Waals surface area contributed by atoms with E-state index in [9.17, 15) is 14.4 Å². The Hall–Kier alpha value is -3.15. The van der Waals surface area contributed by atoms with Crippen LogP contribution in [0.4, 0.5) is 0 Å². The van der Waals surface area contributed by atoms with E-state index < -0.39 is 12.6 Å². The molecule has 0 saturated carbocycles. The van der Waals surface area contributed by atoms with Gasteiger partial charge in [-0.3, -0.25) is 14.4 Å². The van der Waals surface area contributed by atoms with Crippen molar-refractivity contribution in [2.45, 2.75) is 39.7 Å². The quantitative estimate of drug-likeness (QED) is 0.619. The Morgan fingerprint density at radius 2 is 1.47 bits per heavy atom. The summed E-state index contributed by atoms with van der Waals surface area (Å²) in [5.74, 6) is -0.824. The summed E-state index contributed by atoms with van der Waals surface area (Å²) < 4.78 is 4.99. The molecule has 2 aromatic rings. The smallest absolute Gasteiger partial charge is 0.325 e. The topological polar surface area (TPSA) is 84.5 Å². The van der Waals surface area contributed by atoms with Crippen LogP contribution in [0.3, 0.4) is 0 Å². The molecule has 0 aromatic heterocycles. The summed E-state index contributed by atoms with van der Waals surface area (Å²) in [5, 5.41) is 5.40. The first-order valence-electron chi connectivity index (χ1n) is 10.2. The standard InChI is InChI=1S/C24H30N2O4/c1-16(2)18-10-12-19(13-11-18)23(17(3)4)26-21(27)15-30-22(28)14-25-24(29)20-8-6-5-7-9-20/h5-13,16-17,23H,14-15H2,1-4H3,(H,25,29)(H,26,27)/t23-/m1/s1.